The van der Waals surface area contributed by atoms with E-state index in [1.54, 1.807) is 55.5 Å². The van der Waals surface area contributed by atoms with Gasteiger partial charge in [-0.15, -0.1) is 0 Å². The van der Waals surface area contributed by atoms with Gasteiger partial charge in [-0.1, -0.05) is 18.2 Å². The Kier molecular flexibility index (Phi) is 7.37. The van der Waals surface area contributed by atoms with Crippen LogP contribution >= 0.6 is 0 Å². The zero-order valence-electron chi connectivity index (χ0n) is 15.3. The number of carbonyl (C=O) groups is 3. The van der Waals surface area contributed by atoms with Crippen LogP contribution in [0.4, 0.5) is 11.4 Å². The lowest BCUT2D eigenvalue weighted by Gasteiger charge is -2.11. The van der Waals surface area contributed by atoms with E-state index < -0.39 is 11.9 Å². The fourth-order valence-corrected chi connectivity index (χ4v) is 2.39. The highest BCUT2D eigenvalue weighted by Crippen LogP contribution is 2.17. The molecule has 0 heterocycles. The van der Waals surface area contributed by atoms with E-state index in [1.165, 1.54) is 7.11 Å². The highest BCUT2D eigenvalue weighted by Gasteiger charge is 2.13. The Balaban J connectivity index is 1.91. The zero-order valence-corrected chi connectivity index (χ0v) is 15.3. The van der Waals surface area contributed by atoms with Crippen LogP contribution in [-0.4, -0.2) is 38.1 Å². The minimum Gasteiger partial charge on any atom is -0.465 e. The van der Waals surface area contributed by atoms with E-state index in [1.807, 2.05) is 0 Å². The van der Waals surface area contributed by atoms with E-state index in [4.69, 9.17) is 4.74 Å². The number of nitrogens with one attached hydrogen (secondary N) is 2. The Labute approximate surface area is 157 Å². The lowest BCUT2D eigenvalue weighted by Crippen LogP contribution is -2.18. The largest absolute Gasteiger partial charge is 0.465 e. The third-order valence-electron chi connectivity index (χ3n) is 3.66. The van der Waals surface area contributed by atoms with Crippen molar-refractivity contribution in [2.24, 2.45) is 0 Å². The average molecular weight is 370 g/mol. The first kappa shape index (κ1) is 20.0. The number of amides is 1. The van der Waals surface area contributed by atoms with Crippen molar-refractivity contribution in [3.05, 3.63) is 59.7 Å². The average Bonchev–Trinajstić information content (AvgIpc) is 2.68. The SMILES string of the molecule is CCOC(=O)c1ccccc1NC(=O)CCNc1cccc(C(=O)OC)c1. The number of rotatable bonds is 8. The molecule has 0 radical (unpaired) electrons. The van der Waals surface area contributed by atoms with E-state index in [0.717, 1.165) is 0 Å². The Morgan fingerprint density at radius 1 is 1.00 bits per heavy atom. The minimum atomic E-state index is -0.480. The van der Waals surface area contributed by atoms with Crippen LogP contribution in [0.25, 0.3) is 0 Å². The van der Waals surface area contributed by atoms with Crippen molar-refractivity contribution < 1.29 is 23.9 Å². The predicted molar refractivity (Wildman–Crippen MR) is 102 cm³/mol. The molecule has 7 heteroatoms. The van der Waals surface area contributed by atoms with Crippen molar-refractivity contribution in [2.75, 3.05) is 30.9 Å². The molecule has 0 unspecified atom stereocenters. The van der Waals surface area contributed by atoms with Gasteiger partial charge in [-0.05, 0) is 37.3 Å². The number of anilines is 2. The number of benzene rings is 2. The Morgan fingerprint density at radius 3 is 2.52 bits per heavy atom. The molecule has 0 atom stereocenters. The van der Waals surface area contributed by atoms with Crippen LogP contribution in [0, 0.1) is 0 Å². The normalized spacial score (nSPS) is 10.0. The molecule has 2 aromatic carbocycles. The highest BCUT2D eigenvalue weighted by molar-refractivity contribution is 6.01. The number of ether oxygens (including phenoxy) is 2. The molecule has 1 amide bonds. The van der Waals surface area contributed by atoms with Crippen molar-refractivity contribution in [1.29, 1.82) is 0 Å². The summed E-state index contributed by atoms with van der Waals surface area (Å²) in [5.74, 6) is -1.15. The maximum atomic E-state index is 12.2. The van der Waals surface area contributed by atoms with Gasteiger partial charge in [0, 0.05) is 18.7 Å². The second kappa shape index (κ2) is 9.96. The molecule has 0 aliphatic heterocycles. The summed E-state index contributed by atoms with van der Waals surface area (Å²) in [7, 11) is 1.32. The summed E-state index contributed by atoms with van der Waals surface area (Å²) < 4.78 is 9.67. The number of methoxy groups -OCH3 is 1. The molecule has 7 nitrogen and oxygen atoms in total. The van der Waals surface area contributed by atoms with Gasteiger partial charge < -0.3 is 20.1 Å². The monoisotopic (exact) mass is 370 g/mol. The molecule has 2 rings (SSSR count). The van der Waals surface area contributed by atoms with E-state index in [9.17, 15) is 14.4 Å². The van der Waals surface area contributed by atoms with Crippen LogP contribution in [0.2, 0.25) is 0 Å². The molecule has 0 aliphatic rings. The van der Waals surface area contributed by atoms with Crippen LogP contribution < -0.4 is 10.6 Å². The first-order valence-electron chi connectivity index (χ1n) is 8.53. The molecule has 0 spiro atoms. The third-order valence-corrected chi connectivity index (χ3v) is 3.66. The summed E-state index contributed by atoms with van der Waals surface area (Å²) in [4.78, 5) is 35.6. The Bertz CT molecular complexity index is 820. The third kappa shape index (κ3) is 5.85. The number of carbonyl (C=O) groups excluding carboxylic acids is 3. The van der Waals surface area contributed by atoms with E-state index >= 15 is 0 Å². The maximum Gasteiger partial charge on any atom is 0.340 e. The smallest absolute Gasteiger partial charge is 0.340 e. The summed E-state index contributed by atoms with van der Waals surface area (Å²) in [5.41, 5.74) is 1.85. The second-order valence-electron chi connectivity index (χ2n) is 5.56. The number of hydrogen-bond acceptors (Lipinski definition) is 6. The zero-order chi connectivity index (χ0) is 19.6. The molecule has 0 aliphatic carbocycles. The fraction of sp³-hybridized carbons (Fsp3) is 0.250. The molecule has 2 N–H and O–H groups in total. The van der Waals surface area contributed by atoms with Gasteiger partial charge >= 0.3 is 11.9 Å². The molecule has 0 aromatic heterocycles. The Morgan fingerprint density at radius 2 is 1.78 bits per heavy atom. The molecule has 0 bridgehead atoms. The highest BCUT2D eigenvalue weighted by atomic mass is 16.5. The van der Waals surface area contributed by atoms with Crippen LogP contribution in [-0.2, 0) is 14.3 Å². The van der Waals surface area contributed by atoms with Crippen molar-refractivity contribution >= 4 is 29.2 Å². The van der Waals surface area contributed by atoms with Gasteiger partial charge in [0.05, 0.1) is 30.5 Å². The molecule has 27 heavy (non-hydrogen) atoms. The van der Waals surface area contributed by atoms with Gasteiger partial charge in [0.25, 0.3) is 0 Å². The molecule has 0 saturated heterocycles. The fourth-order valence-electron chi connectivity index (χ4n) is 2.39. The topological polar surface area (TPSA) is 93.7 Å². The first-order valence-corrected chi connectivity index (χ1v) is 8.53. The van der Waals surface area contributed by atoms with Crippen LogP contribution in [0.5, 0.6) is 0 Å². The number of para-hydroxylation sites is 1. The predicted octanol–water partition coefficient (Wildman–Crippen LogP) is 3.09. The van der Waals surface area contributed by atoms with Gasteiger partial charge in [-0.2, -0.15) is 0 Å². The van der Waals surface area contributed by atoms with Crippen LogP contribution in [0.3, 0.4) is 0 Å². The van der Waals surface area contributed by atoms with Gasteiger partial charge in [0.1, 0.15) is 0 Å². The summed E-state index contributed by atoms with van der Waals surface area (Å²) in [6.45, 7) is 2.34. The molecular formula is C20H22N2O5. The summed E-state index contributed by atoms with van der Waals surface area (Å²) >= 11 is 0. The van der Waals surface area contributed by atoms with E-state index in [2.05, 4.69) is 15.4 Å². The van der Waals surface area contributed by atoms with Crippen molar-refractivity contribution in [1.82, 2.24) is 0 Å². The molecule has 0 fully saturated rings. The standard InChI is InChI=1S/C20H22N2O5/c1-3-27-20(25)16-9-4-5-10-17(16)22-18(23)11-12-21-15-8-6-7-14(13-15)19(24)26-2/h4-10,13,21H,3,11-12H2,1-2H3,(H,22,23). The van der Waals surface area contributed by atoms with E-state index in [-0.39, 0.29) is 18.9 Å². The summed E-state index contributed by atoms with van der Waals surface area (Å²) in [6.07, 6.45) is 0.180. The van der Waals surface area contributed by atoms with Gasteiger partial charge in [0.2, 0.25) is 5.91 Å². The van der Waals surface area contributed by atoms with Gasteiger partial charge in [-0.3, -0.25) is 4.79 Å². The minimum absolute atomic E-state index is 0.180. The molecule has 2 aromatic rings. The molecular weight excluding hydrogens is 348 g/mol. The van der Waals surface area contributed by atoms with Crippen LogP contribution in [0.15, 0.2) is 48.5 Å². The molecule has 0 saturated carbocycles. The Hall–Kier alpha value is -3.35. The summed E-state index contributed by atoms with van der Waals surface area (Å²) in [6, 6.07) is 13.5. The second-order valence-corrected chi connectivity index (χ2v) is 5.56. The lowest BCUT2D eigenvalue weighted by molar-refractivity contribution is -0.115. The lowest BCUT2D eigenvalue weighted by atomic mass is 10.1. The van der Waals surface area contributed by atoms with Crippen molar-refractivity contribution in [2.45, 2.75) is 13.3 Å². The number of esters is 2. The van der Waals surface area contributed by atoms with Gasteiger partial charge in [0.15, 0.2) is 0 Å². The van der Waals surface area contributed by atoms with Crippen molar-refractivity contribution in [3.63, 3.8) is 0 Å². The van der Waals surface area contributed by atoms with E-state index in [0.29, 0.717) is 29.0 Å². The quantitative estimate of drug-likeness (QED) is 0.694. The maximum absolute atomic E-state index is 12.2. The number of hydrogen-bond donors (Lipinski definition) is 2. The van der Waals surface area contributed by atoms with Gasteiger partial charge in [-0.25, -0.2) is 9.59 Å². The summed E-state index contributed by atoms with van der Waals surface area (Å²) in [5, 5.41) is 5.80. The molecule has 142 valence electrons. The van der Waals surface area contributed by atoms with Crippen LogP contribution in [0.1, 0.15) is 34.1 Å². The van der Waals surface area contributed by atoms with Crippen molar-refractivity contribution in [3.8, 4) is 0 Å². The first-order chi connectivity index (χ1) is 13.0.